The molecule has 2 heterocycles. The molecule has 7 nitrogen and oxygen atoms in total. The average molecular weight is 497 g/mol. The van der Waals surface area contributed by atoms with Gasteiger partial charge in [0.1, 0.15) is 0 Å². The van der Waals surface area contributed by atoms with E-state index in [1.165, 1.54) is 19.2 Å². The van der Waals surface area contributed by atoms with Crippen molar-refractivity contribution < 1.29 is 18.4 Å². The van der Waals surface area contributed by atoms with E-state index in [0.29, 0.717) is 12.1 Å². The first kappa shape index (κ1) is 24.8. The molecule has 3 aromatic rings. The normalized spacial score (nSPS) is 16.0. The number of nitrogens with one attached hydrogen (secondary N) is 1. The Labute approximate surface area is 208 Å². The van der Waals surface area contributed by atoms with E-state index in [-0.39, 0.29) is 23.5 Å². The molecule has 0 bridgehead atoms. The number of carbonyl (C=O) groups excluding carboxylic acids is 1. The number of carbonyl (C=O) groups is 1. The minimum Gasteiger partial charge on any atom is -0.494 e. The molecule has 9 heteroatoms. The van der Waals surface area contributed by atoms with Crippen molar-refractivity contribution in [1.29, 1.82) is 0 Å². The number of halogens is 1. The van der Waals surface area contributed by atoms with Crippen LogP contribution in [0.25, 0.3) is 17.0 Å². The third-order valence-corrected chi connectivity index (χ3v) is 6.84. The van der Waals surface area contributed by atoms with Gasteiger partial charge in [-0.25, -0.2) is 9.18 Å². The van der Waals surface area contributed by atoms with Crippen LogP contribution in [0.15, 0.2) is 57.6 Å². The average Bonchev–Trinajstić information content (AvgIpc) is 3.35. The van der Waals surface area contributed by atoms with E-state index < -0.39 is 11.9 Å². The van der Waals surface area contributed by atoms with Crippen molar-refractivity contribution in [3.8, 4) is 17.1 Å². The number of urea groups is 1. The first-order valence-corrected chi connectivity index (χ1v) is 12.8. The summed E-state index contributed by atoms with van der Waals surface area (Å²) >= 11 is 1.65. The van der Waals surface area contributed by atoms with Gasteiger partial charge >= 0.3 is 6.03 Å². The van der Waals surface area contributed by atoms with Gasteiger partial charge in [-0.3, -0.25) is 4.90 Å². The molecule has 1 N–H and O–H groups in total. The molecule has 1 aromatic heterocycles. The van der Waals surface area contributed by atoms with Crippen molar-refractivity contribution in [2.75, 3.05) is 19.9 Å². The topological polar surface area (TPSA) is 80.5 Å². The van der Waals surface area contributed by atoms with Crippen LogP contribution in [0.3, 0.4) is 0 Å². The summed E-state index contributed by atoms with van der Waals surface area (Å²) in [6, 6.07) is 11.9. The smallest absolute Gasteiger partial charge is 0.322 e. The fourth-order valence-corrected chi connectivity index (χ4v) is 4.56. The van der Waals surface area contributed by atoms with Gasteiger partial charge in [0.2, 0.25) is 5.82 Å². The Morgan fingerprint density at radius 1 is 1.20 bits per heavy atom. The molecule has 0 radical (unpaired) electrons. The molecule has 0 saturated heterocycles. The number of amides is 2. The lowest BCUT2D eigenvalue weighted by molar-refractivity contribution is 0.204. The molecule has 0 fully saturated rings. The number of hydrogen-bond acceptors (Lipinski definition) is 6. The van der Waals surface area contributed by atoms with Gasteiger partial charge in [0.25, 0.3) is 5.89 Å². The molecule has 0 aliphatic carbocycles. The number of methoxy groups -OCH3 is 1. The highest BCUT2D eigenvalue weighted by molar-refractivity contribution is 7.98. The number of nitrogens with zero attached hydrogens (tertiary/aromatic N) is 3. The number of rotatable bonds is 9. The predicted molar refractivity (Wildman–Crippen MR) is 135 cm³/mol. The van der Waals surface area contributed by atoms with Crippen LogP contribution in [0.2, 0.25) is 0 Å². The van der Waals surface area contributed by atoms with Gasteiger partial charge in [-0.2, -0.15) is 4.98 Å². The monoisotopic (exact) mass is 496 g/mol. The molecule has 4 rings (SSSR count). The summed E-state index contributed by atoms with van der Waals surface area (Å²) in [6.45, 7) is 4.62. The Morgan fingerprint density at radius 2 is 1.97 bits per heavy atom. The number of thioether (sulfide) groups is 1. The molecule has 2 amide bonds. The summed E-state index contributed by atoms with van der Waals surface area (Å²) in [5.41, 5.74) is 2.87. The fourth-order valence-electron chi connectivity index (χ4n) is 4.15. The molecule has 0 spiro atoms. The first-order valence-electron chi connectivity index (χ1n) is 11.6. The molecule has 1 aliphatic rings. The lowest BCUT2D eigenvalue weighted by Crippen LogP contribution is -2.46. The van der Waals surface area contributed by atoms with E-state index >= 15 is 0 Å². The summed E-state index contributed by atoms with van der Waals surface area (Å²) in [7, 11) is 1.41. The van der Waals surface area contributed by atoms with E-state index in [0.717, 1.165) is 41.0 Å². The van der Waals surface area contributed by atoms with Crippen molar-refractivity contribution in [2.45, 2.75) is 44.0 Å². The van der Waals surface area contributed by atoms with Gasteiger partial charge in [-0.15, -0.1) is 11.8 Å². The van der Waals surface area contributed by atoms with Crippen LogP contribution in [0.1, 0.15) is 50.6 Å². The predicted octanol–water partition coefficient (Wildman–Crippen LogP) is 6.29. The SMILES string of the molecule is CCCCCN1C(=O)NC(c2ccc(SC)cc2)C(c2nc(-c3ccc(OC)c(F)c3)no2)=C1C. The highest BCUT2D eigenvalue weighted by Gasteiger charge is 2.35. The summed E-state index contributed by atoms with van der Waals surface area (Å²) in [5.74, 6) is 0.175. The van der Waals surface area contributed by atoms with Crippen molar-refractivity contribution in [1.82, 2.24) is 20.4 Å². The number of benzene rings is 2. The van der Waals surface area contributed by atoms with Crippen molar-refractivity contribution >= 4 is 23.4 Å². The van der Waals surface area contributed by atoms with E-state index in [9.17, 15) is 9.18 Å². The van der Waals surface area contributed by atoms with Crippen LogP contribution in [-0.2, 0) is 0 Å². The quantitative estimate of drug-likeness (QED) is 0.277. The van der Waals surface area contributed by atoms with Crippen LogP contribution in [-0.4, -0.2) is 41.0 Å². The Hall–Kier alpha value is -3.33. The molecule has 1 aliphatic heterocycles. The minimum absolute atomic E-state index is 0.141. The van der Waals surface area contributed by atoms with Crippen LogP contribution in [0.4, 0.5) is 9.18 Å². The van der Waals surface area contributed by atoms with Crippen LogP contribution in [0, 0.1) is 5.82 Å². The number of ether oxygens (including phenoxy) is 1. The first-order chi connectivity index (χ1) is 17.0. The maximum absolute atomic E-state index is 14.3. The molecular formula is C26H29FN4O3S. The second-order valence-corrected chi connectivity index (χ2v) is 9.17. The van der Waals surface area contributed by atoms with E-state index in [1.807, 2.05) is 37.4 Å². The summed E-state index contributed by atoms with van der Waals surface area (Å²) in [5, 5.41) is 7.22. The highest BCUT2D eigenvalue weighted by atomic mass is 32.2. The molecule has 1 atom stereocenters. The van der Waals surface area contributed by atoms with Crippen LogP contribution >= 0.6 is 11.8 Å². The lowest BCUT2D eigenvalue weighted by atomic mass is 9.94. The van der Waals surface area contributed by atoms with Crippen molar-refractivity contribution in [3.05, 3.63) is 65.4 Å². The second-order valence-electron chi connectivity index (χ2n) is 8.29. The summed E-state index contributed by atoms with van der Waals surface area (Å²) in [4.78, 5) is 20.5. The van der Waals surface area contributed by atoms with Crippen LogP contribution in [0.5, 0.6) is 5.75 Å². The zero-order valence-corrected chi connectivity index (χ0v) is 21.1. The minimum atomic E-state index is -0.509. The van der Waals surface area contributed by atoms with Crippen molar-refractivity contribution in [3.63, 3.8) is 0 Å². The summed E-state index contributed by atoms with van der Waals surface area (Å²) < 4.78 is 24.9. The van der Waals surface area contributed by atoms with Gasteiger partial charge in [-0.05, 0) is 55.5 Å². The van der Waals surface area contributed by atoms with E-state index in [4.69, 9.17) is 9.26 Å². The number of unbranched alkanes of at least 4 members (excludes halogenated alkanes) is 2. The third kappa shape index (κ3) is 5.19. The van der Waals surface area contributed by atoms with Gasteiger partial charge in [0.15, 0.2) is 11.6 Å². The molecule has 0 saturated carbocycles. The lowest BCUT2D eigenvalue weighted by Gasteiger charge is -2.35. The maximum Gasteiger partial charge on any atom is 0.322 e. The molecule has 2 aromatic carbocycles. The number of allylic oxidation sites excluding steroid dienone is 1. The zero-order chi connectivity index (χ0) is 24.9. The number of hydrogen-bond donors (Lipinski definition) is 1. The van der Waals surface area contributed by atoms with E-state index in [2.05, 4.69) is 22.4 Å². The third-order valence-electron chi connectivity index (χ3n) is 6.10. The zero-order valence-electron chi connectivity index (χ0n) is 20.3. The Balaban J connectivity index is 1.75. The van der Waals surface area contributed by atoms with Gasteiger partial charge < -0.3 is 14.6 Å². The Bertz CT molecular complexity index is 1230. The van der Waals surface area contributed by atoms with Gasteiger partial charge in [0.05, 0.1) is 18.7 Å². The maximum atomic E-state index is 14.3. The van der Waals surface area contributed by atoms with E-state index in [1.54, 1.807) is 22.7 Å². The molecular weight excluding hydrogens is 467 g/mol. The second kappa shape index (κ2) is 10.9. The molecule has 1 unspecified atom stereocenters. The molecule has 184 valence electrons. The standard InChI is InChI=1S/C26H29FN4O3S/c1-5-6-7-14-31-16(2)22(23(28-26(31)32)17-8-11-19(35-4)12-9-17)25-29-24(30-34-25)18-10-13-21(33-3)20(27)15-18/h8-13,15,23H,5-7,14H2,1-4H3,(H,28,32). The fraction of sp³-hybridized carbons (Fsp3) is 0.346. The number of aromatic nitrogens is 2. The van der Waals surface area contributed by atoms with Gasteiger partial charge in [0, 0.05) is 22.7 Å². The molecule has 35 heavy (non-hydrogen) atoms. The summed E-state index contributed by atoms with van der Waals surface area (Å²) in [6.07, 6.45) is 4.99. The largest absolute Gasteiger partial charge is 0.494 e. The Morgan fingerprint density at radius 3 is 2.63 bits per heavy atom. The Kier molecular flexibility index (Phi) is 7.75. The van der Waals surface area contributed by atoms with Crippen molar-refractivity contribution in [2.24, 2.45) is 0 Å². The van der Waals surface area contributed by atoms with Gasteiger partial charge in [-0.1, -0.05) is 37.1 Å². The highest BCUT2D eigenvalue weighted by Crippen LogP contribution is 2.38. The van der Waals surface area contributed by atoms with Crippen LogP contribution < -0.4 is 10.1 Å².